The van der Waals surface area contributed by atoms with Crippen LogP contribution in [0.5, 0.6) is 0 Å². The lowest BCUT2D eigenvalue weighted by molar-refractivity contribution is 0.590. The average Bonchev–Trinajstić information content (AvgIpc) is 3.99. The fourth-order valence-electron chi connectivity index (χ4n) is 11.2. The zero-order chi connectivity index (χ0) is 43.6. The minimum Gasteiger partial charge on any atom is -0.456 e. The third kappa shape index (κ3) is 5.22. The third-order valence-electron chi connectivity index (χ3n) is 14.5. The number of aromatic nitrogens is 1. The number of nitrogens with zero attached hydrogens (tertiary/aromatic N) is 1. The number of hydrogen-bond donors (Lipinski definition) is 1. The highest BCUT2D eigenvalue weighted by Crippen LogP contribution is 2.58. The third-order valence-corrected chi connectivity index (χ3v) is 15.6. The molecule has 1 aliphatic carbocycles. The van der Waals surface area contributed by atoms with Gasteiger partial charge >= 0.3 is 0 Å². The maximum absolute atomic E-state index is 6.62. The lowest BCUT2D eigenvalue weighted by Gasteiger charge is -2.29. The van der Waals surface area contributed by atoms with E-state index in [0.29, 0.717) is 0 Å². The number of fused-ring (bicyclic) bond motifs is 15. The number of nitrogens with one attached hydrogen (secondary N) is 1. The van der Waals surface area contributed by atoms with Crippen molar-refractivity contribution >= 4 is 105 Å². The van der Waals surface area contributed by atoms with Crippen molar-refractivity contribution in [2.45, 2.75) is 71.6 Å². The summed E-state index contributed by atoms with van der Waals surface area (Å²) >= 11 is 1.87. The Balaban J connectivity index is 1.21. The van der Waals surface area contributed by atoms with Gasteiger partial charge in [-0.15, -0.1) is 11.3 Å². The zero-order valence-corrected chi connectivity index (χ0v) is 38.4. The minimum atomic E-state index is -0.281. The first-order valence-electron chi connectivity index (χ1n) is 22.7. The monoisotopic (exact) mass is 843 g/mol. The van der Waals surface area contributed by atoms with Crippen molar-refractivity contribution in [3.63, 3.8) is 0 Å². The summed E-state index contributed by atoms with van der Waals surface area (Å²) < 4.78 is 11.8. The van der Waals surface area contributed by atoms with Crippen molar-refractivity contribution in [2.75, 3.05) is 5.32 Å². The molecule has 0 fully saturated rings. The Bertz CT molecular complexity index is 3830. The summed E-state index contributed by atoms with van der Waals surface area (Å²) in [7, 11) is 2.48. The summed E-state index contributed by atoms with van der Waals surface area (Å²) in [5, 5.41) is 11.6. The lowest BCUT2D eigenvalue weighted by atomic mass is 9.57. The fraction of sp³-hybridized carbons (Fsp3) is 0.186. The van der Waals surface area contributed by atoms with Crippen molar-refractivity contribution in [3.8, 4) is 27.9 Å². The van der Waals surface area contributed by atoms with Crippen LogP contribution in [0.15, 0.2) is 144 Å². The maximum atomic E-state index is 6.62. The van der Waals surface area contributed by atoms with E-state index in [4.69, 9.17) is 4.42 Å². The first-order chi connectivity index (χ1) is 30.7. The van der Waals surface area contributed by atoms with E-state index in [9.17, 15) is 0 Å². The number of anilines is 2. The normalized spacial score (nSPS) is 14.2. The summed E-state index contributed by atoms with van der Waals surface area (Å²) in [6, 6.07) is 52.4. The van der Waals surface area contributed by atoms with E-state index < -0.39 is 0 Å². The lowest BCUT2D eigenvalue weighted by Crippen LogP contribution is -2.38. The molecule has 5 heteroatoms. The molecule has 1 radical (unpaired) electrons. The van der Waals surface area contributed by atoms with Crippen LogP contribution in [0.1, 0.15) is 77.6 Å². The zero-order valence-electron chi connectivity index (χ0n) is 37.6. The molecular formula is C59H48BN2OS. The molecule has 4 heterocycles. The first kappa shape index (κ1) is 38.0. The van der Waals surface area contributed by atoms with Gasteiger partial charge in [-0.1, -0.05) is 140 Å². The topological polar surface area (TPSA) is 30.1 Å². The van der Waals surface area contributed by atoms with E-state index in [1.165, 1.54) is 97.6 Å². The maximum Gasteiger partial charge on any atom is 0.198 e. The van der Waals surface area contributed by atoms with Crippen LogP contribution in [0.3, 0.4) is 0 Å². The SMILES string of the molecule is CC(C)(C)c1ccc(Nc2cc3sc4ccccc4c3cc2-c2c3c(c4c5cc(C(C)(C)C)ccc5n5c4c2[B]c2cc4oc6ccccc6c4cc2-5)C(C)(C)c2ccccc2-3)cc1. The quantitative estimate of drug-likeness (QED) is 0.180. The molecule has 0 amide bonds. The van der Waals surface area contributed by atoms with E-state index >= 15 is 0 Å². The molecule has 309 valence electrons. The van der Waals surface area contributed by atoms with Crippen molar-refractivity contribution in [1.29, 1.82) is 0 Å². The molecule has 0 spiro atoms. The van der Waals surface area contributed by atoms with Gasteiger partial charge in [0.05, 0.1) is 5.52 Å². The number of benzene rings is 8. The molecule has 0 saturated carbocycles. The number of furan rings is 1. The molecule has 8 aromatic carbocycles. The van der Waals surface area contributed by atoms with Crippen LogP contribution in [0.4, 0.5) is 11.4 Å². The van der Waals surface area contributed by atoms with Gasteiger partial charge in [-0.25, -0.2) is 0 Å². The largest absolute Gasteiger partial charge is 0.456 e. The molecule has 3 aromatic heterocycles. The van der Waals surface area contributed by atoms with Gasteiger partial charge in [-0.3, -0.25) is 0 Å². The van der Waals surface area contributed by atoms with Crippen LogP contribution >= 0.6 is 11.3 Å². The standard InChI is InChI=1S/C59H48BN2OS/c1-57(2,3)32-21-24-34(25-22-32)61-44-31-50-39(36-16-11-14-20-49(36)64-50)28-40(44)52-51-37-17-9-12-18-42(37)59(7,8)54(51)53-41-27-33(58(4,5)6)23-26-45(41)62-46-29-38-35-15-10-13-19-47(35)63-48(38)30-43(46)60-55(52)56(53)62/h9-31,61H,1-8H3. The molecule has 0 saturated heterocycles. The van der Waals surface area contributed by atoms with Gasteiger partial charge in [0.2, 0.25) is 0 Å². The molecular weight excluding hydrogens is 796 g/mol. The Morgan fingerprint density at radius 2 is 1.31 bits per heavy atom. The van der Waals surface area contributed by atoms with Crippen molar-refractivity contribution in [2.24, 2.45) is 0 Å². The van der Waals surface area contributed by atoms with Gasteiger partial charge in [-0.2, -0.15) is 0 Å². The van der Waals surface area contributed by atoms with Crippen LogP contribution in [0, 0.1) is 0 Å². The van der Waals surface area contributed by atoms with E-state index in [2.05, 4.69) is 212 Å². The Kier molecular flexibility index (Phi) is 7.59. The van der Waals surface area contributed by atoms with Gasteiger partial charge in [0.1, 0.15) is 11.2 Å². The van der Waals surface area contributed by atoms with Gasteiger partial charge < -0.3 is 14.3 Å². The highest BCUT2D eigenvalue weighted by molar-refractivity contribution is 7.25. The van der Waals surface area contributed by atoms with Gasteiger partial charge in [-0.05, 0) is 116 Å². The highest BCUT2D eigenvalue weighted by atomic mass is 32.1. The van der Waals surface area contributed by atoms with Crippen LogP contribution < -0.4 is 16.2 Å². The second-order valence-electron chi connectivity index (χ2n) is 20.8. The fourth-order valence-corrected chi connectivity index (χ4v) is 12.4. The Labute approximate surface area is 378 Å². The van der Waals surface area contributed by atoms with Gasteiger partial charge in [0.15, 0.2) is 7.28 Å². The number of para-hydroxylation sites is 1. The van der Waals surface area contributed by atoms with E-state index in [1.807, 2.05) is 11.3 Å². The number of thiophene rings is 1. The molecule has 13 rings (SSSR count). The predicted molar refractivity (Wildman–Crippen MR) is 276 cm³/mol. The molecule has 0 unspecified atom stereocenters. The minimum absolute atomic E-state index is 0.0243. The summed E-state index contributed by atoms with van der Waals surface area (Å²) in [5.74, 6) is 0. The summed E-state index contributed by atoms with van der Waals surface area (Å²) in [6.07, 6.45) is 0. The molecule has 2 aliphatic rings. The van der Waals surface area contributed by atoms with E-state index in [-0.39, 0.29) is 16.2 Å². The summed E-state index contributed by atoms with van der Waals surface area (Å²) in [6.45, 7) is 18.7. The molecule has 1 N–H and O–H groups in total. The molecule has 0 atom stereocenters. The molecule has 0 bridgehead atoms. The van der Waals surface area contributed by atoms with E-state index in [1.54, 1.807) is 0 Å². The van der Waals surface area contributed by atoms with Crippen LogP contribution in [-0.4, -0.2) is 11.8 Å². The molecule has 64 heavy (non-hydrogen) atoms. The smallest absolute Gasteiger partial charge is 0.198 e. The molecule has 1 aliphatic heterocycles. The van der Waals surface area contributed by atoms with E-state index in [0.717, 1.165) is 38.8 Å². The highest BCUT2D eigenvalue weighted by Gasteiger charge is 2.43. The number of hydrogen-bond acceptors (Lipinski definition) is 3. The van der Waals surface area contributed by atoms with Crippen LogP contribution in [0.25, 0.3) is 91.9 Å². The van der Waals surface area contributed by atoms with Crippen molar-refractivity contribution in [1.82, 2.24) is 4.57 Å². The average molecular weight is 844 g/mol. The van der Waals surface area contributed by atoms with Crippen LogP contribution in [-0.2, 0) is 16.2 Å². The second kappa shape index (κ2) is 12.8. The van der Waals surface area contributed by atoms with Gasteiger partial charge in [0.25, 0.3) is 0 Å². The first-order valence-corrected chi connectivity index (χ1v) is 23.5. The van der Waals surface area contributed by atoms with Crippen molar-refractivity contribution in [3.05, 3.63) is 162 Å². The Hall–Kier alpha value is -6.56. The summed E-state index contributed by atoms with van der Waals surface area (Å²) in [4.78, 5) is 0. The van der Waals surface area contributed by atoms with Gasteiger partial charge in [0, 0.05) is 75.3 Å². The predicted octanol–water partition coefficient (Wildman–Crippen LogP) is 15.3. The van der Waals surface area contributed by atoms with Crippen LogP contribution in [0.2, 0.25) is 0 Å². The van der Waals surface area contributed by atoms with Crippen molar-refractivity contribution < 1.29 is 4.42 Å². The molecule has 3 nitrogen and oxygen atoms in total. The molecule has 11 aromatic rings. The number of rotatable bonds is 3. The second-order valence-corrected chi connectivity index (χ2v) is 21.9. The Morgan fingerprint density at radius 1 is 0.594 bits per heavy atom. The summed E-state index contributed by atoms with van der Waals surface area (Å²) in [5.41, 5.74) is 20.4. The Morgan fingerprint density at radius 3 is 2.11 bits per heavy atom.